The Morgan fingerprint density at radius 1 is 0.947 bits per heavy atom. The van der Waals surface area contributed by atoms with Crippen molar-refractivity contribution in [2.75, 3.05) is 19.0 Å². The summed E-state index contributed by atoms with van der Waals surface area (Å²) >= 11 is 3.46. The molecule has 2 aromatic rings. The molecule has 1 aromatic carbocycles. The number of rotatable bonds is 4. The Labute approximate surface area is 134 Å². The molecule has 0 fully saturated rings. The smallest absolute Gasteiger partial charge is 0.173 e. The molecule has 0 bridgehead atoms. The van der Waals surface area contributed by atoms with Crippen molar-refractivity contribution in [1.29, 1.82) is 0 Å². The summed E-state index contributed by atoms with van der Waals surface area (Å²) in [6.07, 6.45) is 4.24. The molecule has 1 aromatic heterocycles. The standard InChI is InChI=1S/C15H18BrN2.BrH/c1-17(2)15-7-9-18(10-8-15)12-14-5-3-13(11-16)4-6-14;/h3-10H,11-12H2,1-2H3;1H/q+1;/p-1. The molecule has 2 nitrogen and oxygen atoms in total. The molecule has 0 saturated heterocycles. The maximum absolute atomic E-state index is 3.46. The first-order valence-corrected chi connectivity index (χ1v) is 7.11. The topological polar surface area (TPSA) is 7.12 Å². The van der Waals surface area contributed by atoms with E-state index in [1.165, 1.54) is 16.8 Å². The maximum Gasteiger partial charge on any atom is 0.173 e. The molecule has 19 heavy (non-hydrogen) atoms. The average Bonchev–Trinajstić information content (AvgIpc) is 2.40. The maximum atomic E-state index is 3.46. The van der Waals surface area contributed by atoms with Crippen LogP contribution in [0.3, 0.4) is 0 Å². The van der Waals surface area contributed by atoms with E-state index in [0.29, 0.717) is 0 Å². The molecular weight excluding hydrogens is 368 g/mol. The highest BCUT2D eigenvalue weighted by molar-refractivity contribution is 9.08. The van der Waals surface area contributed by atoms with Crippen LogP contribution in [-0.2, 0) is 11.9 Å². The zero-order valence-corrected chi connectivity index (χ0v) is 14.4. The van der Waals surface area contributed by atoms with Crippen LogP contribution < -0.4 is 26.4 Å². The second-order valence-corrected chi connectivity index (χ2v) is 5.13. The molecule has 0 radical (unpaired) electrons. The summed E-state index contributed by atoms with van der Waals surface area (Å²) < 4.78 is 2.19. The summed E-state index contributed by atoms with van der Waals surface area (Å²) in [5.41, 5.74) is 3.86. The Balaban J connectivity index is 0.00000180. The molecule has 0 N–H and O–H groups in total. The molecule has 102 valence electrons. The third kappa shape index (κ3) is 4.62. The van der Waals surface area contributed by atoms with Gasteiger partial charge in [0.15, 0.2) is 18.9 Å². The summed E-state index contributed by atoms with van der Waals surface area (Å²) in [5.74, 6) is 0. The first-order valence-electron chi connectivity index (χ1n) is 5.99. The summed E-state index contributed by atoms with van der Waals surface area (Å²) in [4.78, 5) is 2.11. The van der Waals surface area contributed by atoms with E-state index in [4.69, 9.17) is 0 Å². The van der Waals surface area contributed by atoms with Crippen LogP contribution in [-0.4, -0.2) is 14.1 Å². The third-order valence-electron chi connectivity index (χ3n) is 2.93. The van der Waals surface area contributed by atoms with Gasteiger partial charge in [-0.25, -0.2) is 4.57 Å². The zero-order valence-electron chi connectivity index (χ0n) is 11.2. The van der Waals surface area contributed by atoms with Gasteiger partial charge in [0, 0.05) is 42.8 Å². The van der Waals surface area contributed by atoms with Crippen LogP contribution in [0.25, 0.3) is 0 Å². The van der Waals surface area contributed by atoms with Gasteiger partial charge in [0.2, 0.25) is 0 Å². The van der Waals surface area contributed by atoms with Gasteiger partial charge in [0.05, 0.1) is 0 Å². The van der Waals surface area contributed by atoms with Crippen LogP contribution in [0.4, 0.5) is 5.69 Å². The van der Waals surface area contributed by atoms with Crippen LogP contribution in [0.2, 0.25) is 0 Å². The van der Waals surface area contributed by atoms with Gasteiger partial charge in [0.1, 0.15) is 0 Å². The van der Waals surface area contributed by atoms with E-state index in [1.807, 2.05) is 0 Å². The molecule has 0 aliphatic heterocycles. The van der Waals surface area contributed by atoms with Crippen molar-refractivity contribution < 1.29 is 21.5 Å². The van der Waals surface area contributed by atoms with Crippen molar-refractivity contribution in [2.45, 2.75) is 11.9 Å². The lowest BCUT2D eigenvalue weighted by Gasteiger charge is -2.10. The Morgan fingerprint density at radius 2 is 1.47 bits per heavy atom. The highest BCUT2D eigenvalue weighted by Crippen LogP contribution is 2.09. The van der Waals surface area contributed by atoms with Gasteiger partial charge < -0.3 is 21.9 Å². The SMILES string of the molecule is CN(C)c1cc[n+](Cc2ccc(CBr)cc2)cc1.[Br-]. The first-order chi connectivity index (χ1) is 8.69. The molecule has 4 heteroatoms. The van der Waals surface area contributed by atoms with Crippen LogP contribution in [0.5, 0.6) is 0 Å². The second kappa shape index (κ2) is 7.65. The fourth-order valence-electron chi connectivity index (χ4n) is 1.80. The van der Waals surface area contributed by atoms with Gasteiger partial charge in [-0.15, -0.1) is 0 Å². The normalized spacial score (nSPS) is 9.84. The van der Waals surface area contributed by atoms with Crippen LogP contribution in [0.15, 0.2) is 48.8 Å². The van der Waals surface area contributed by atoms with Crippen LogP contribution >= 0.6 is 15.9 Å². The minimum Gasteiger partial charge on any atom is -1.00 e. The van der Waals surface area contributed by atoms with Crippen molar-refractivity contribution in [3.63, 3.8) is 0 Å². The molecule has 0 unspecified atom stereocenters. The second-order valence-electron chi connectivity index (χ2n) is 4.57. The minimum atomic E-state index is 0. The van der Waals surface area contributed by atoms with E-state index >= 15 is 0 Å². The summed E-state index contributed by atoms with van der Waals surface area (Å²) in [5, 5.41) is 0.915. The number of anilines is 1. The highest BCUT2D eigenvalue weighted by Gasteiger charge is 2.03. The highest BCUT2D eigenvalue weighted by atomic mass is 79.9. The molecule has 0 aliphatic carbocycles. The predicted octanol–water partition coefficient (Wildman–Crippen LogP) is -0.0127. The molecule has 0 aliphatic rings. The molecular formula is C15H18Br2N2. The monoisotopic (exact) mass is 384 g/mol. The van der Waals surface area contributed by atoms with Gasteiger partial charge in [-0.05, 0) is 5.56 Å². The summed E-state index contributed by atoms with van der Waals surface area (Å²) in [7, 11) is 4.11. The van der Waals surface area contributed by atoms with Gasteiger partial charge in [0.25, 0.3) is 0 Å². The number of halogens is 2. The van der Waals surface area contributed by atoms with Crippen LogP contribution in [0, 0.1) is 0 Å². The first kappa shape index (κ1) is 16.2. The molecule has 0 spiro atoms. The lowest BCUT2D eigenvalue weighted by atomic mass is 10.1. The van der Waals surface area contributed by atoms with Gasteiger partial charge in [-0.3, -0.25) is 0 Å². The van der Waals surface area contributed by atoms with Crippen molar-refractivity contribution in [1.82, 2.24) is 0 Å². The lowest BCUT2D eigenvalue weighted by Crippen LogP contribution is -3.00. The van der Waals surface area contributed by atoms with E-state index in [1.54, 1.807) is 0 Å². The number of nitrogens with zero attached hydrogens (tertiary/aromatic N) is 2. The molecule has 0 amide bonds. The molecule has 0 saturated carbocycles. The summed E-state index contributed by atoms with van der Waals surface area (Å²) in [6, 6.07) is 13.0. The largest absolute Gasteiger partial charge is 1.00 e. The van der Waals surface area contributed by atoms with E-state index < -0.39 is 0 Å². The van der Waals surface area contributed by atoms with Crippen molar-refractivity contribution in [3.05, 3.63) is 59.9 Å². The molecule has 0 atom stereocenters. The average molecular weight is 386 g/mol. The molecule has 2 rings (SSSR count). The Bertz CT molecular complexity index is 493. The fraction of sp³-hybridized carbons (Fsp3) is 0.267. The number of hydrogen-bond acceptors (Lipinski definition) is 1. The number of hydrogen-bond donors (Lipinski definition) is 0. The van der Waals surface area contributed by atoms with E-state index in [-0.39, 0.29) is 17.0 Å². The molecule has 1 heterocycles. The Morgan fingerprint density at radius 3 is 1.95 bits per heavy atom. The van der Waals surface area contributed by atoms with Crippen molar-refractivity contribution in [3.8, 4) is 0 Å². The van der Waals surface area contributed by atoms with Gasteiger partial charge in [-0.2, -0.15) is 0 Å². The lowest BCUT2D eigenvalue weighted by molar-refractivity contribution is -0.688. The van der Waals surface area contributed by atoms with Crippen molar-refractivity contribution >= 4 is 21.6 Å². The number of alkyl halides is 1. The van der Waals surface area contributed by atoms with Crippen molar-refractivity contribution in [2.24, 2.45) is 0 Å². The number of pyridine rings is 1. The summed E-state index contributed by atoms with van der Waals surface area (Å²) in [6.45, 7) is 0.913. The Kier molecular flexibility index (Phi) is 6.52. The van der Waals surface area contributed by atoms with E-state index in [0.717, 1.165) is 11.9 Å². The third-order valence-corrected chi connectivity index (χ3v) is 3.58. The minimum absolute atomic E-state index is 0. The predicted molar refractivity (Wildman–Crippen MR) is 79.1 cm³/mol. The quantitative estimate of drug-likeness (QED) is 0.530. The number of aromatic nitrogens is 1. The van der Waals surface area contributed by atoms with E-state index in [2.05, 4.69) is 88.3 Å². The number of benzene rings is 1. The van der Waals surface area contributed by atoms with Crippen LogP contribution in [0.1, 0.15) is 11.1 Å². The van der Waals surface area contributed by atoms with E-state index in [9.17, 15) is 0 Å². The Hall–Kier alpha value is -0.870. The fourth-order valence-corrected chi connectivity index (χ4v) is 2.17. The van der Waals surface area contributed by atoms with Gasteiger partial charge >= 0.3 is 0 Å². The zero-order chi connectivity index (χ0) is 13.0. The van der Waals surface area contributed by atoms with Gasteiger partial charge in [-0.1, -0.05) is 40.2 Å².